The van der Waals surface area contributed by atoms with E-state index >= 15 is 0 Å². The van der Waals surface area contributed by atoms with Gasteiger partial charge in [-0.05, 0) is 38.8 Å². The fourth-order valence-corrected chi connectivity index (χ4v) is 4.16. The lowest BCUT2D eigenvalue weighted by atomic mass is 10.1. The lowest BCUT2D eigenvalue weighted by Gasteiger charge is -2.30. The second-order valence-corrected chi connectivity index (χ2v) is 8.44. The first kappa shape index (κ1) is 18.7. The number of nitrogens with zero attached hydrogens (tertiary/aromatic N) is 3. The van der Waals surface area contributed by atoms with E-state index in [0.717, 1.165) is 0 Å². The average molecular weight is 380 g/mol. The Labute approximate surface area is 153 Å². The number of pyridine rings is 1. The number of nitrogens with one attached hydrogen (secondary N) is 1. The van der Waals surface area contributed by atoms with Crippen LogP contribution in [0.25, 0.3) is 5.65 Å². The fourth-order valence-electron chi connectivity index (χ4n) is 3.28. The molecule has 0 unspecified atom stereocenters. The normalized spacial score (nSPS) is 16.7. The van der Waals surface area contributed by atoms with Gasteiger partial charge in [-0.2, -0.15) is 0 Å². The molecule has 26 heavy (non-hydrogen) atoms. The summed E-state index contributed by atoms with van der Waals surface area (Å²) in [6.07, 6.45) is 4.19. The Kier molecular flexibility index (Phi) is 5.19. The number of carbonyl (C=O) groups excluding carboxylic acids is 1. The monoisotopic (exact) mass is 380 g/mol. The van der Waals surface area contributed by atoms with Crippen LogP contribution in [0.15, 0.2) is 18.3 Å². The molecule has 1 N–H and O–H groups in total. The number of hydrogen-bond donors (Lipinski definition) is 1. The van der Waals surface area contributed by atoms with Gasteiger partial charge < -0.3 is 10.1 Å². The van der Waals surface area contributed by atoms with Crippen LogP contribution in [-0.2, 0) is 10.0 Å². The molecule has 3 rings (SSSR count). The number of rotatable bonds is 5. The van der Waals surface area contributed by atoms with Crippen LogP contribution in [0.2, 0.25) is 0 Å². The lowest BCUT2D eigenvalue weighted by molar-refractivity contribution is 0.0917. The lowest BCUT2D eigenvalue weighted by Crippen LogP contribution is -2.46. The van der Waals surface area contributed by atoms with Crippen molar-refractivity contribution < 1.29 is 17.9 Å². The fraction of sp³-hybridized carbons (Fsp3) is 0.529. The molecular formula is C17H24N4O4S. The van der Waals surface area contributed by atoms with Gasteiger partial charge in [0.15, 0.2) is 11.4 Å². The van der Waals surface area contributed by atoms with Crippen molar-refractivity contribution in [1.29, 1.82) is 0 Å². The molecule has 8 nitrogen and oxygen atoms in total. The summed E-state index contributed by atoms with van der Waals surface area (Å²) in [6.45, 7) is 5.06. The van der Waals surface area contributed by atoms with Crippen LogP contribution in [0.5, 0.6) is 5.75 Å². The molecule has 0 aromatic carbocycles. The summed E-state index contributed by atoms with van der Waals surface area (Å²) in [4.78, 5) is 17.3. The summed E-state index contributed by atoms with van der Waals surface area (Å²) < 4.78 is 32.0. The minimum atomic E-state index is -3.17. The summed E-state index contributed by atoms with van der Waals surface area (Å²) in [5.41, 5.74) is 1.72. The molecule has 142 valence electrons. The van der Waals surface area contributed by atoms with Crippen molar-refractivity contribution in [3.05, 3.63) is 29.7 Å². The number of aromatic nitrogens is 2. The van der Waals surface area contributed by atoms with Crippen molar-refractivity contribution >= 4 is 21.6 Å². The highest BCUT2D eigenvalue weighted by atomic mass is 32.2. The Morgan fingerprint density at radius 1 is 1.38 bits per heavy atom. The number of aryl methyl sites for hydroxylation is 1. The minimum absolute atomic E-state index is 0.0551. The number of ether oxygens (including phenoxy) is 1. The van der Waals surface area contributed by atoms with Crippen LogP contribution in [0, 0.1) is 6.92 Å². The molecule has 0 radical (unpaired) electrons. The number of carbonyl (C=O) groups is 1. The highest BCUT2D eigenvalue weighted by Gasteiger charge is 2.27. The van der Waals surface area contributed by atoms with Gasteiger partial charge in [-0.15, -0.1) is 0 Å². The maximum Gasteiger partial charge on any atom is 0.270 e. The first-order valence-electron chi connectivity index (χ1n) is 8.67. The molecule has 1 saturated heterocycles. The third-order valence-corrected chi connectivity index (χ3v) is 5.86. The highest BCUT2D eigenvalue weighted by molar-refractivity contribution is 7.88. The van der Waals surface area contributed by atoms with E-state index in [2.05, 4.69) is 10.3 Å². The molecular weight excluding hydrogens is 356 g/mol. The van der Waals surface area contributed by atoms with Crippen molar-refractivity contribution in [3.8, 4) is 5.75 Å². The van der Waals surface area contributed by atoms with Crippen molar-refractivity contribution in [2.75, 3.05) is 26.0 Å². The molecule has 1 fully saturated rings. The first-order valence-corrected chi connectivity index (χ1v) is 10.5. The Balaban J connectivity index is 1.77. The van der Waals surface area contributed by atoms with Gasteiger partial charge >= 0.3 is 0 Å². The SMILES string of the molecule is CCOc1cccn2c(C(=O)NC3CCN(S(C)(=O)=O)CC3)c(C)nc12. The Hall–Kier alpha value is -2.13. The number of imidazole rings is 1. The quantitative estimate of drug-likeness (QED) is 0.841. The summed E-state index contributed by atoms with van der Waals surface area (Å²) in [7, 11) is -3.17. The molecule has 0 bridgehead atoms. The standard InChI is InChI=1S/C17H24N4O4S/c1-4-25-14-6-5-9-21-15(12(2)18-16(14)21)17(22)19-13-7-10-20(11-8-13)26(3,23)24/h5-6,9,13H,4,7-8,10-11H2,1-3H3,(H,19,22). The number of sulfonamides is 1. The molecule has 1 amide bonds. The number of piperidine rings is 1. The Morgan fingerprint density at radius 2 is 2.08 bits per heavy atom. The van der Waals surface area contributed by atoms with Gasteiger partial charge in [0.2, 0.25) is 10.0 Å². The number of hydrogen-bond acceptors (Lipinski definition) is 5. The Bertz CT molecular complexity index is 914. The molecule has 0 saturated carbocycles. The van der Waals surface area contributed by atoms with E-state index in [-0.39, 0.29) is 11.9 Å². The van der Waals surface area contributed by atoms with Crippen LogP contribution in [-0.4, -0.2) is 60.0 Å². The number of fused-ring (bicyclic) bond motifs is 1. The van der Waals surface area contributed by atoms with Crippen LogP contribution in [0.1, 0.15) is 35.9 Å². The summed E-state index contributed by atoms with van der Waals surface area (Å²) in [5, 5.41) is 3.02. The smallest absolute Gasteiger partial charge is 0.270 e. The molecule has 0 spiro atoms. The molecule has 3 heterocycles. The predicted octanol–water partition coefficient (Wildman–Crippen LogP) is 1.20. The van der Waals surface area contributed by atoms with Gasteiger partial charge in [-0.3, -0.25) is 9.20 Å². The second-order valence-electron chi connectivity index (χ2n) is 6.45. The van der Waals surface area contributed by atoms with Crippen LogP contribution in [0.3, 0.4) is 0 Å². The average Bonchev–Trinajstić information content (AvgIpc) is 2.92. The van der Waals surface area contributed by atoms with Gasteiger partial charge in [0, 0.05) is 25.3 Å². The zero-order chi connectivity index (χ0) is 18.9. The van der Waals surface area contributed by atoms with Crippen molar-refractivity contribution in [1.82, 2.24) is 19.0 Å². The van der Waals surface area contributed by atoms with E-state index in [1.54, 1.807) is 17.5 Å². The second kappa shape index (κ2) is 7.24. The third-order valence-electron chi connectivity index (χ3n) is 4.56. The third kappa shape index (κ3) is 3.68. The van der Waals surface area contributed by atoms with E-state index < -0.39 is 10.0 Å². The molecule has 1 aliphatic rings. The van der Waals surface area contributed by atoms with Gasteiger partial charge in [0.1, 0.15) is 5.69 Å². The molecule has 2 aromatic rings. The zero-order valence-corrected chi connectivity index (χ0v) is 16.0. The van der Waals surface area contributed by atoms with E-state index in [1.165, 1.54) is 10.6 Å². The maximum atomic E-state index is 12.8. The number of amides is 1. The van der Waals surface area contributed by atoms with E-state index in [4.69, 9.17) is 4.74 Å². The summed E-state index contributed by atoms with van der Waals surface area (Å²) in [5.74, 6) is 0.431. The molecule has 0 atom stereocenters. The topological polar surface area (TPSA) is 93.0 Å². The largest absolute Gasteiger partial charge is 0.490 e. The van der Waals surface area contributed by atoms with E-state index in [9.17, 15) is 13.2 Å². The van der Waals surface area contributed by atoms with Gasteiger partial charge in [-0.1, -0.05) is 0 Å². The summed E-state index contributed by atoms with van der Waals surface area (Å²) in [6, 6.07) is 3.59. The van der Waals surface area contributed by atoms with Gasteiger partial charge in [0.25, 0.3) is 5.91 Å². The van der Waals surface area contributed by atoms with Crippen molar-refractivity contribution in [2.45, 2.75) is 32.7 Å². The van der Waals surface area contributed by atoms with Gasteiger partial charge in [-0.25, -0.2) is 17.7 Å². The van der Waals surface area contributed by atoms with Gasteiger partial charge in [0.05, 0.1) is 18.6 Å². The zero-order valence-electron chi connectivity index (χ0n) is 15.2. The van der Waals surface area contributed by atoms with Crippen molar-refractivity contribution in [2.24, 2.45) is 0 Å². The van der Waals surface area contributed by atoms with Crippen LogP contribution in [0.4, 0.5) is 0 Å². The first-order chi connectivity index (χ1) is 12.3. The highest BCUT2D eigenvalue weighted by Crippen LogP contribution is 2.22. The van der Waals surface area contributed by atoms with Crippen molar-refractivity contribution in [3.63, 3.8) is 0 Å². The minimum Gasteiger partial charge on any atom is -0.490 e. The van der Waals surface area contributed by atoms with E-state index in [0.29, 0.717) is 55.3 Å². The molecule has 2 aromatic heterocycles. The predicted molar refractivity (Wildman–Crippen MR) is 98.0 cm³/mol. The molecule has 1 aliphatic heterocycles. The molecule has 9 heteroatoms. The van der Waals surface area contributed by atoms with E-state index in [1.807, 2.05) is 19.1 Å². The molecule has 0 aliphatic carbocycles. The van der Waals surface area contributed by atoms with Crippen LogP contribution >= 0.6 is 0 Å². The Morgan fingerprint density at radius 3 is 2.69 bits per heavy atom. The van der Waals surface area contributed by atoms with Crippen LogP contribution < -0.4 is 10.1 Å². The summed E-state index contributed by atoms with van der Waals surface area (Å²) >= 11 is 0. The maximum absolute atomic E-state index is 12.8.